The molecule has 120 valence electrons. The van der Waals surface area contributed by atoms with Crippen molar-refractivity contribution in [3.63, 3.8) is 0 Å². The Labute approximate surface area is 127 Å². The van der Waals surface area contributed by atoms with Crippen LogP contribution < -0.4 is 4.72 Å². The van der Waals surface area contributed by atoms with E-state index in [0.29, 0.717) is 37.5 Å². The van der Waals surface area contributed by atoms with Gasteiger partial charge in [-0.1, -0.05) is 17.7 Å². The molecule has 1 aromatic rings. The summed E-state index contributed by atoms with van der Waals surface area (Å²) in [6, 6.07) is 6.80. The first-order valence-corrected chi connectivity index (χ1v) is 8.77. The molecule has 21 heavy (non-hydrogen) atoms. The molecule has 1 aromatic carbocycles. The second-order valence-electron chi connectivity index (χ2n) is 4.69. The van der Waals surface area contributed by atoms with Crippen LogP contribution in [0.1, 0.15) is 32.3 Å². The van der Waals surface area contributed by atoms with Gasteiger partial charge in [0.25, 0.3) is 0 Å². The minimum Gasteiger partial charge on any atom is -0.353 e. The van der Waals surface area contributed by atoms with Crippen LogP contribution in [-0.2, 0) is 19.5 Å². The number of ether oxygens (including phenoxy) is 2. The fourth-order valence-corrected chi connectivity index (χ4v) is 2.94. The quantitative estimate of drug-likeness (QED) is 0.532. The molecular weight excluding hydrogens is 290 g/mol. The van der Waals surface area contributed by atoms with Gasteiger partial charge in [-0.15, -0.1) is 0 Å². The van der Waals surface area contributed by atoms with Crippen molar-refractivity contribution in [3.8, 4) is 0 Å². The van der Waals surface area contributed by atoms with Gasteiger partial charge < -0.3 is 9.47 Å². The van der Waals surface area contributed by atoms with E-state index in [2.05, 4.69) is 4.72 Å². The minimum absolute atomic E-state index is 0.260. The van der Waals surface area contributed by atoms with Gasteiger partial charge in [-0.05, 0) is 45.7 Å². The van der Waals surface area contributed by atoms with Gasteiger partial charge >= 0.3 is 0 Å². The first kappa shape index (κ1) is 18.1. The molecule has 0 unspecified atom stereocenters. The van der Waals surface area contributed by atoms with E-state index in [1.807, 2.05) is 20.8 Å². The van der Waals surface area contributed by atoms with Crippen molar-refractivity contribution >= 4 is 10.0 Å². The molecular formula is C15H25NO4S. The highest BCUT2D eigenvalue weighted by Gasteiger charge is 2.13. The van der Waals surface area contributed by atoms with Crippen molar-refractivity contribution in [3.05, 3.63) is 29.8 Å². The van der Waals surface area contributed by atoms with Crippen LogP contribution in [0.3, 0.4) is 0 Å². The van der Waals surface area contributed by atoms with Crippen LogP contribution in [0, 0.1) is 6.92 Å². The summed E-state index contributed by atoms with van der Waals surface area (Å²) in [6.07, 6.45) is 1.07. The van der Waals surface area contributed by atoms with Gasteiger partial charge in [0.15, 0.2) is 6.29 Å². The molecule has 0 heterocycles. The summed E-state index contributed by atoms with van der Waals surface area (Å²) < 4.78 is 37.6. The fraction of sp³-hybridized carbons (Fsp3) is 0.600. The molecule has 1 rings (SSSR count). The lowest BCUT2D eigenvalue weighted by molar-refractivity contribution is -0.139. The van der Waals surface area contributed by atoms with Gasteiger partial charge in [0.2, 0.25) is 10.0 Å². The molecule has 0 aliphatic heterocycles. The van der Waals surface area contributed by atoms with E-state index < -0.39 is 10.0 Å². The Bertz CT molecular complexity index is 493. The van der Waals surface area contributed by atoms with E-state index in [9.17, 15) is 8.42 Å². The average molecular weight is 315 g/mol. The number of nitrogens with one attached hydrogen (secondary N) is 1. The zero-order valence-corrected chi connectivity index (χ0v) is 13.8. The second kappa shape index (κ2) is 9.15. The number of hydrogen-bond acceptors (Lipinski definition) is 4. The van der Waals surface area contributed by atoms with E-state index in [-0.39, 0.29) is 6.29 Å². The largest absolute Gasteiger partial charge is 0.353 e. The van der Waals surface area contributed by atoms with Crippen LogP contribution >= 0.6 is 0 Å². The van der Waals surface area contributed by atoms with Crippen LogP contribution in [-0.4, -0.2) is 34.5 Å². The van der Waals surface area contributed by atoms with Crippen molar-refractivity contribution in [2.24, 2.45) is 0 Å². The maximum Gasteiger partial charge on any atom is 0.240 e. The van der Waals surface area contributed by atoms with Gasteiger partial charge in [-0.25, -0.2) is 13.1 Å². The molecule has 0 spiro atoms. The van der Waals surface area contributed by atoms with E-state index in [0.717, 1.165) is 5.56 Å². The lowest BCUT2D eigenvalue weighted by Crippen LogP contribution is -2.26. The Kier molecular flexibility index (Phi) is 7.88. The third-order valence-corrected chi connectivity index (χ3v) is 4.42. The molecule has 0 bridgehead atoms. The third-order valence-electron chi connectivity index (χ3n) is 2.95. The summed E-state index contributed by atoms with van der Waals surface area (Å²) in [5, 5.41) is 0. The predicted molar refractivity (Wildman–Crippen MR) is 82.6 cm³/mol. The number of sulfonamides is 1. The topological polar surface area (TPSA) is 64.6 Å². The predicted octanol–water partition coefficient (Wildman–Crippen LogP) is 2.45. The van der Waals surface area contributed by atoms with Crippen LogP contribution in [0.25, 0.3) is 0 Å². The minimum atomic E-state index is -3.43. The molecule has 0 fully saturated rings. The second-order valence-corrected chi connectivity index (χ2v) is 6.46. The van der Waals surface area contributed by atoms with E-state index in [4.69, 9.17) is 9.47 Å². The number of hydrogen-bond donors (Lipinski definition) is 1. The van der Waals surface area contributed by atoms with Crippen molar-refractivity contribution in [1.29, 1.82) is 0 Å². The molecule has 0 aliphatic rings. The Balaban J connectivity index is 2.41. The summed E-state index contributed by atoms with van der Waals surface area (Å²) in [7, 11) is -3.43. The molecule has 1 N–H and O–H groups in total. The molecule has 0 atom stereocenters. The van der Waals surface area contributed by atoms with E-state index in [1.54, 1.807) is 24.3 Å². The molecule has 0 saturated carbocycles. The Hall–Kier alpha value is -0.950. The maximum atomic E-state index is 12.1. The van der Waals surface area contributed by atoms with Crippen molar-refractivity contribution < 1.29 is 17.9 Å². The molecule has 0 radical (unpaired) electrons. The molecule has 0 saturated heterocycles. The standard InChI is InChI=1S/C15H25NO4S/c1-4-19-15(20-5-2)7-6-12-16-21(17,18)14-10-8-13(3)9-11-14/h8-11,15-16H,4-7,12H2,1-3H3. The fourth-order valence-electron chi connectivity index (χ4n) is 1.86. The summed E-state index contributed by atoms with van der Waals surface area (Å²) in [4.78, 5) is 0.291. The Morgan fingerprint density at radius 3 is 2.19 bits per heavy atom. The van der Waals surface area contributed by atoms with Crippen molar-refractivity contribution in [1.82, 2.24) is 4.72 Å². The lowest BCUT2D eigenvalue weighted by atomic mass is 10.2. The first-order valence-electron chi connectivity index (χ1n) is 7.29. The SMILES string of the molecule is CCOC(CCCNS(=O)(=O)c1ccc(C)cc1)OCC. The highest BCUT2D eigenvalue weighted by molar-refractivity contribution is 7.89. The highest BCUT2D eigenvalue weighted by atomic mass is 32.2. The number of aryl methyl sites for hydroxylation is 1. The van der Waals surface area contributed by atoms with Crippen LogP contribution in [0.4, 0.5) is 0 Å². The number of benzene rings is 1. The van der Waals surface area contributed by atoms with Gasteiger partial charge in [-0.2, -0.15) is 0 Å². The van der Waals surface area contributed by atoms with Gasteiger partial charge in [0.1, 0.15) is 0 Å². The van der Waals surface area contributed by atoms with Crippen LogP contribution in [0.2, 0.25) is 0 Å². The summed E-state index contributed by atoms with van der Waals surface area (Å²) in [6.45, 7) is 7.27. The zero-order valence-electron chi connectivity index (χ0n) is 13.0. The highest BCUT2D eigenvalue weighted by Crippen LogP contribution is 2.10. The summed E-state index contributed by atoms with van der Waals surface area (Å²) in [5.74, 6) is 0. The van der Waals surface area contributed by atoms with Gasteiger partial charge in [0.05, 0.1) is 4.90 Å². The van der Waals surface area contributed by atoms with Crippen LogP contribution in [0.15, 0.2) is 29.2 Å². The Morgan fingerprint density at radius 2 is 1.67 bits per heavy atom. The van der Waals surface area contributed by atoms with Gasteiger partial charge in [-0.3, -0.25) is 0 Å². The maximum absolute atomic E-state index is 12.1. The van der Waals surface area contributed by atoms with E-state index in [1.165, 1.54) is 0 Å². The summed E-state index contributed by atoms with van der Waals surface area (Å²) in [5.41, 5.74) is 1.03. The van der Waals surface area contributed by atoms with E-state index >= 15 is 0 Å². The third kappa shape index (κ3) is 6.56. The molecule has 6 heteroatoms. The molecule has 0 aromatic heterocycles. The van der Waals surface area contributed by atoms with Crippen LogP contribution in [0.5, 0.6) is 0 Å². The number of rotatable bonds is 10. The molecule has 0 amide bonds. The van der Waals surface area contributed by atoms with Gasteiger partial charge in [0, 0.05) is 19.8 Å². The first-order chi connectivity index (χ1) is 9.99. The monoisotopic (exact) mass is 315 g/mol. The van der Waals surface area contributed by atoms with Crippen molar-refractivity contribution in [2.45, 2.75) is 44.8 Å². The lowest BCUT2D eigenvalue weighted by Gasteiger charge is -2.16. The molecule has 0 aliphatic carbocycles. The smallest absolute Gasteiger partial charge is 0.240 e. The zero-order chi connectivity index (χ0) is 15.7. The van der Waals surface area contributed by atoms with Crippen molar-refractivity contribution in [2.75, 3.05) is 19.8 Å². The summed E-state index contributed by atoms with van der Waals surface area (Å²) >= 11 is 0. The normalized spacial score (nSPS) is 12.0. The Morgan fingerprint density at radius 1 is 1.10 bits per heavy atom. The average Bonchev–Trinajstić information content (AvgIpc) is 2.44. The molecule has 5 nitrogen and oxygen atoms in total.